The van der Waals surface area contributed by atoms with Crippen molar-refractivity contribution in [1.29, 1.82) is 0 Å². The van der Waals surface area contributed by atoms with E-state index in [0.29, 0.717) is 5.69 Å². The molecule has 32 heavy (non-hydrogen) atoms. The molecule has 4 aromatic carbocycles. The number of rotatable bonds is 1. The van der Waals surface area contributed by atoms with E-state index in [2.05, 4.69) is 76.7 Å². The standard InChI is InChI=1S/C28H19N3O/c1-16(2)30-21-13-11-17(29-3)15-23(21)31-27-18(8-6-9-22(27)30)19-12-14-25-26(28(19)31)20-7-4-5-10-24(20)32-25/h4-16H,1-2H3. The minimum atomic E-state index is 0.277. The third kappa shape index (κ3) is 2.01. The summed E-state index contributed by atoms with van der Waals surface area (Å²) in [5.41, 5.74) is 8.10. The first-order valence-corrected chi connectivity index (χ1v) is 10.9. The third-order valence-electron chi connectivity index (χ3n) is 6.63. The molecule has 4 nitrogen and oxygen atoms in total. The van der Waals surface area contributed by atoms with E-state index in [1.165, 1.54) is 22.0 Å². The van der Waals surface area contributed by atoms with Crippen LogP contribution in [0.3, 0.4) is 0 Å². The number of nitrogens with zero attached hydrogens (tertiary/aromatic N) is 3. The van der Waals surface area contributed by atoms with Gasteiger partial charge in [-0.3, -0.25) is 0 Å². The largest absolute Gasteiger partial charge is 0.456 e. The summed E-state index contributed by atoms with van der Waals surface area (Å²) in [6.45, 7) is 12.0. The fourth-order valence-electron chi connectivity index (χ4n) is 5.43. The molecule has 0 amide bonds. The van der Waals surface area contributed by atoms with E-state index in [1.54, 1.807) is 0 Å². The summed E-state index contributed by atoms with van der Waals surface area (Å²) in [7, 11) is 0. The Kier molecular flexibility index (Phi) is 3.23. The van der Waals surface area contributed by atoms with Gasteiger partial charge in [0.15, 0.2) is 5.69 Å². The van der Waals surface area contributed by atoms with Crippen LogP contribution in [0.5, 0.6) is 0 Å². The van der Waals surface area contributed by atoms with Crippen LogP contribution < -0.4 is 4.90 Å². The molecule has 3 heterocycles. The van der Waals surface area contributed by atoms with E-state index in [1.807, 2.05) is 24.3 Å². The SMILES string of the molecule is [C-]#[N+]c1ccc2c(c1)-n1c3c(cccc3c3ccc4oc5ccccc5c4c31)N2C(C)C. The molecular formula is C28H19N3O. The predicted molar refractivity (Wildman–Crippen MR) is 132 cm³/mol. The highest BCUT2D eigenvalue weighted by Crippen LogP contribution is 2.50. The van der Waals surface area contributed by atoms with Gasteiger partial charge >= 0.3 is 0 Å². The average Bonchev–Trinajstić information content (AvgIpc) is 3.35. The number of benzene rings is 4. The summed E-state index contributed by atoms with van der Waals surface area (Å²) in [6.07, 6.45) is 0. The Bertz CT molecular complexity index is 1780. The number of hydrogen-bond acceptors (Lipinski definition) is 2. The van der Waals surface area contributed by atoms with E-state index in [0.717, 1.165) is 38.8 Å². The van der Waals surface area contributed by atoms with Gasteiger partial charge in [-0.2, -0.15) is 0 Å². The molecule has 152 valence electrons. The molecule has 4 heteroatoms. The van der Waals surface area contributed by atoms with Crippen LogP contribution in [0.25, 0.3) is 54.3 Å². The highest BCUT2D eigenvalue weighted by Gasteiger charge is 2.30. The first-order valence-electron chi connectivity index (χ1n) is 10.9. The summed E-state index contributed by atoms with van der Waals surface area (Å²) in [4.78, 5) is 6.12. The summed E-state index contributed by atoms with van der Waals surface area (Å²) < 4.78 is 8.58. The zero-order valence-electron chi connectivity index (χ0n) is 17.8. The smallest absolute Gasteiger partial charge is 0.189 e. The molecule has 0 radical (unpaired) electrons. The molecule has 0 aliphatic carbocycles. The lowest BCUT2D eigenvalue weighted by atomic mass is 10.1. The molecule has 2 aromatic heterocycles. The first kappa shape index (κ1) is 17.5. The Morgan fingerprint density at radius 3 is 2.41 bits per heavy atom. The highest BCUT2D eigenvalue weighted by molar-refractivity contribution is 6.26. The molecule has 0 fully saturated rings. The van der Waals surface area contributed by atoms with Gasteiger partial charge in [-0.15, -0.1) is 0 Å². The van der Waals surface area contributed by atoms with E-state index in [4.69, 9.17) is 11.0 Å². The maximum Gasteiger partial charge on any atom is 0.189 e. The number of para-hydroxylation sites is 2. The lowest BCUT2D eigenvalue weighted by Gasteiger charge is -2.36. The Hall–Kier alpha value is -4.23. The molecule has 0 atom stereocenters. The van der Waals surface area contributed by atoms with Gasteiger partial charge in [0.2, 0.25) is 0 Å². The van der Waals surface area contributed by atoms with Gasteiger partial charge in [-0.25, -0.2) is 4.85 Å². The van der Waals surface area contributed by atoms with Crippen molar-refractivity contribution < 1.29 is 4.42 Å². The Morgan fingerprint density at radius 2 is 1.56 bits per heavy atom. The van der Waals surface area contributed by atoms with E-state index < -0.39 is 0 Å². The second kappa shape index (κ2) is 5.93. The van der Waals surface area contributed by atoms with Crippen LogP contribution in [-0.2, 0) is 0 Å². The lowest BCUT2D eigenvalue weighted by molar-refractivity contribution is 0.669. The van der Waals surface area contributed by atoms with Crippen LogP contribution in [0.1, 0.15) is 13.8 Å². The van der Waals surface area contributed by atoms with Crippen LogP contribution in [0, 0.1) is 6.57 Å². The summed E-state index contributed by atoms with van der Waals surface area (Å²) >= 11 is 0. The maximum absolute atomic E-state index is 7.61. The number of aromatic nitrogens is 1. The Labute approximate surface area is 184 Å². The second-order valence-electron chi connectivity index (χ2n) is 8.69. The maximum atomic E-state index is 7.61. The average molecular weight is 413 g/mol. The summed E-state index contributed by atoms with van der Waals surface area (Å²) in [5, 5.41) is 4.65. The first-order chi connectivity index (χ1) is 15.7. The number of hydrogen-bond donors (Lipinski definition) is 0. The van der Waals surface area contributed by atoms with Gasteiger partial charge in [0.05, 0.1) is 40.1 Å². The minimum Gasteiger partial charge on any atom is -0.456 e. The molecular weight excluding hydrogens is 394 g/mol. The third-order valence-corrected chi connectivity index (χ3v) is 6.63. The fourth-order valence-corrected chi connectivity index (χ4v) is 5.43. The topological polar surface area (TPSA) is 25.7 Å². The van der Waals surface area contributed by atoms with Crippen molar-refractivity contribution in [1.82, 2.24) is 4.57 Å². The van der Waals surface area contributed by atoms with Gasteiger partial charge in [-0.1, -0.05) is 36.4 Å². The van der Waals surface area contributed by atoms with Crippen LogP contribution in [0.4, 0.5) is 17.1 Å². The van der Waals surface area contributed by atoms with Crippen molar-refractivity contribution in [3.05, 3.63) is 84.2 Å². The van der Waals surface area contributed by atoms with Gasteiger partial charge < -0.3 is 13.9 Å². The van der Waals surface area contributed by atoms with Gasteiger partial charge in [0.25, 0.3) is 0 Å². The van der Waals surface area contributed by atoms with Gasteiger partial charge in [0.1, 0.15) is 11.2 Å². The molecule has 0 spiro atoms. The monoisotopic (exact) mass is 413 g/mol. The molecule has 0 saturated carbocycles. The van der Waals surface area contributed by atoms with Gasteiger partial charge in [0, 0.05) is 22.2 Å². The van der Waals surface area contributed by atoms with Crippen molar-refractivity contribution >= 4 is 60.8 Å². The summed E-state index contributed by atoms with van der Waals surface area (Å²) in [5.74, 6) is 0. The highest BCUT2D eigenvalue weighted by atomic mass is 16.3. The minimum absolute atomic E-state index is 0.277. The van der Waals surface area contributed by atoms with E-state index >= 15 is 0 Å². The van der Waals surface area contributed by atoms with E-state index in [9.17, 15) is 0 Å². The van der Waals surface area contributed by atoms with Crippen molar-refractivity contribution in [3.63, 3.8) is 0 Å². The quantitative estimate of drug-likeness (QED) is 0.255. The molecule has 1 aliphatic heterocycles. The predicted octanol–water partition coefficient (Wildman–Crippen LogP) is 8.09. The summed E-state index contributed by atoms with van der Waals surface area (Å²) in [6, 6.07) is 25.3. The zero-order valence-corrected chi connectivity index (χ0v) is 17.8. The molecule has 1 aliphatic rings. The molecule has 0 saturated heterocycles. The van der Waals surface area contributed by atoms with Crippen LogP contribution in [0.15, 0.2) is 77.2 Å². The molecule has 7 rings (SSSR count). The fraction of sp³-hybridized carbons (Fsp3) is 0.107. The second-order valence-corrected chi connectivity index (χ2v) is 8.69. The number of fused-ring (bicyclic) bond motifs is 9. The molecule has 6 aromatic rings. The van der Waals surface area contributed by atoms with Crippen molar-refractivity contribution in [2.45, 2.75) is 19.9 Å². The van der Waals surface area contributed by atoms with Crippen molar-refractivity contribution in [2.75, 3.05) is 4.90 Å². The number of furan rings is 1. The van der Waals surface area contributed by atoms with Crippen molar-refractivity contribution in [3.8, 4) is 5.69 Å². The van der Waals surface area contributed by atoms with Crippen LogP contribution in [0.2, 0.25) is 0 Å². The van der Waals surface area contributed by atoms with Crippen LogP contribution >= 0.6 is 0 Å². The molecule has 0 unspecified atom stereocenters. The molecule has 0 N–H and O–H groups in total. The Balaban J connectivity index is 1.80. The zero-order chi connectivity index (χ0) is 21.6. The van der Waals surface area contributed by atoms with Gasteiger partial charge in [-0.05, 0) is 50.2 Å². The normalized spacial score (nSPS) is 12.9. The number of anilines is 2. The van der Waals surface area contributed by atoms with Crippen LogP contribution in [-0.4, -0.2) is 10.6 Å². The molecule has 0 bridgehead atoms. The lowest BCUT2D eigenvalue weighted by Crippen LogP contribution is -2.29. The van der Waals surface area contributed by atoms with Crippen molar-refractivity contribution in [2.24, 2.45) is 0 Å². The van der Waals surface area contributed by atoms with E-state index in [-0.39, 0.29) is 6.04 Å². The Morgan fingerprint density at radius 1 is 0.750 bits per heavy atom.